The molecule has 2 heterocycles. The second-order valence-corrected chi connectivity index (χ2v) is 13.5. The van der Waals surface area contributed by atoms with Crippen molar-refractivity contribution in [3.8, 4) is 0 Å². The SMILES string of the molecule is [2H]C1([2H])CN(CC(=O)N[C@@H](CCc2ccccc2)C(=O)N[C@@H](CC([2H])(C([2H])([2H])[2H])C([2H])([2H])[2H])C(=O)N[C@@H](Cc2ccccc2)C(=O)N[C@@H](CC(C)C)C(=O)[C@]2(C)OC2([2H])[2H])CC([2H])([2H])O1. The first kappa shape index (κ1) is 25.8. The number of aryl methyl sites for hydroxylation is 1. The van der Waals surface area contributed by atoms with E-state index in [1.165, 1.54) is 6.92 Å². The number of amides is 4. The summed E-state index contributed by atoms with van der Waals surface area (Å²) in [4.78, 5) is 71.3. The zero-order valence-corrected chi connectivity index (χ0v) is 29.6. The number of epoxide rings is 1. The second kappa shape index (κ2) is 19.6. The Kier molecular flexibility index (Phi) is 9.73. The van der Waals surface area contributed by atoms with E-state index in [0.29, 0.717) is 11.1 Å². The van der Waals surface area contributed by atoms with Crippen LogP contribution in [0.15, 0.2) is 60.7 Å². The molecule has 2 fully saturated rings. The third kappa shape index (κ3) is 13.1. The fraction of sp³-hybridized carbons (Fsp3) is 0.575. The Morgan fingerprint density at radius 1 is 0.808 bits per heavy atom. The molecule has 0 radical (unpaired) electrons. The third-order valence-corrected chi connectivity index (χ3v) is 8.48. The lowest BCUT2D eigenvalue weighted by Gasteiger charge is -2.29. The van der Waals surface area contributed by atoms with E-state index in [1.54, 1.807) is 74.5 Å². The molecule has 2 aromatic rings. The summed E-state index contributed by atoms with van der Waals surface area (Å²) in [6.07, 6.45) is -1.59. The lowest BCUT2D eigenvalue weighted by Crippen LogP contribution is -2.59. The molecule has 52 heavy (non-hydrogen) atoms. The van der Waals surface area contributed by atoms with Crippen LogP contribution in [0.1, 0.15) is 82.7 Å². The number of hydrogen-bond acceptors (Lipinski definition) is 8. The number of ether oxygens (including phenoxy) is 2. The van der Waals surface area contributed by atoms with Crippen LogP contribution in [0.2, 0.25) is 0 Å². The van der Waals surface area contributed by atoms with Gasteiger partial charge < -0.3 is 30.7 Å². The first-order valence-corrected chi connectivity index (χ1v) is 17.2. The molecule has 0 unspecified atom stereocenters. The number of rotatable bonds is 20. The largest absolute Gasteiger partial charge is 0.379 e. The molecule has 2 aliphatic rings. The zero-order chi connectivity index (χ0) is 49.0. The number of nitrogens with one attached hydrogen (secondary N) is 4. The zero-order valence-electron chi connectivity index (χ0n) is 42.6. The molecule has 0 aliphatic carbocycles. The van der Waals surface area contributed by atoms with Gasteiger partial charge >= 0.3 is 0 Å². The molecule has 0 bridgehead atoms. The fourth-order valence-electron chi connectivity index (χ4n) is 5.64. The predicted octanol–water partition coefficient (Wildman–Crippen LogP) is 2.58. The van der Waals surface area contributed by atoms with Gasteiger partial charge in [0.25, 0.3) is 0 Å². The third-order valence-electron chi connectivity index (χ3n) is 8.48. The van der Waals surface area contributed by atoms with E-state index in [4.69, 9.17) is 27.3 Å². The highest BCUT2D eigenvalue weighted by Crippen LogP contribution is 2.29. The molecule has 4 N–H and O–H groups in total. The Hall–Kier alpha value is -4.13. The minimum atomic E-state index is -3.58. The molecule has 284 valence electrons. The van der Waals surface area contributed by atoms with Crippen LogP contribution in [-0.2, 0) is 46.3 Å². The van der Waals surface area contributed by atoms with Crippen molar-refractivity contribution in [3.63, 3.8) is 0 Å². The molecular weight excluding hydrogens is 662 g/mol. The number of nitrogens with zero attached hydrogens (tertiary/aromatic N) is 1. The van der Waals surface area contributed by atoms with Crippen LogP contribution in [0.5, 0.6) is 0 Å². The van der Waals surface area contributed by atoms with E-state index in [-0.39, 0.29) is 31.6 Å². The van der Waals surface area contributed by atoms with Gasteiger partial charge in [0.2, 0.25) is 23.6 Å². The van der Waals surface area contributed by atoms with Crippen LogP contribution in [-0.4, -0.2) is 103 Å². The van der Waals surface area contributed by atoms with Crippen molar-refractivity contribution in [3.05, 3.63) is 71.8 Å². The summed E-state index contributed by atoms with van der Waals surface area (Å²) in [6, 6.07) is 10.3. The molecule has 2 aliphatic heterocycles. The molecule has 12 heteroatoms. The monoisotopic (exact) mass is 733 g/mol. The van der Waals surface area contributed by atoms with Gasteiger partial charge in [0, 0.05) is 29.1 Å². The standard InChI is InChI=1S/C40H57N5O7/c1-27(2)22-32(36(47)40(5)26-52-40)42-39(50)34(24-30-14-10-7-11-15-30)44-38(49)33(23-28(3)4)43-37(48)31(17-16-29-12-8-6-9-13-29)41-35(46)25-45-18-20-51-21-19-45/h6-15,27-28,31-34H,16-26H2,1-5H3,(H,41,46)(H,42,50)(H,43,48)(H,44,49)/t31-,32-,33-,34-,40+/m0/s1/i3D3,4D3,20D2,21D2,26D2,28D. The number of carbonyl (C=O) groups is 5. The second-order valence-electron chi connectivity index (χ2n) is 13.5. The molecular formula is C40H57N5O7. The predicted molar refractivity (Wildman–Crippen MR) is 198 cm³/mol. The number of benzene rings is 2. The maximum Gasteiger partial charge on any atom is 0.243 e. The first-order valence-electron chi connectivity index (χ1n) is 23.7. The minimum absolute atomic E-state index is 0.0324. The molecule has 0 saturated carbocycles. The molecule has 4 amide bonds. The summed E-state index contributed by atoms with van der Waals surface area (Å²) in [5, 5.41) is 9.89. The summed E-state index contributed by atoms with van der Waals surface area (Å²) >= 11 is 0. The number of Topliss-reactive ketones (excluding diaryl/α,β-unsaturated/α-hetero) is 1. The van der Waals surface area contributed by atoms with Crippen LogP contribution >= 0.6 is 0 Å². The Morgan fingerprint density at radius 2 is 1.37 bits per heavy atom. The van der Waals surface area contributed by atoms with Crippen LogP contribution in [0, 0.1) is 11.8 Å². The lowest BCUT2D eigenvalue weighted by atomic mass is 9.93. The van der Waals surface area contributed by atoms with Gasteiger partial charge in [0.05, 0.1) is 40.5 Å². The Bertz CT molecular complexity index is 1980. The van der Waals surface area contributed by atoms with Crippen LogP contribution < -0.4 is 21.3 Å². The number of ketones is 1. The van der Waals surface area contributed by atoms with Gasteiger partial charge in [-0.1, -0.05) is 88.2 Å². The normalized spacial score (nSPS) is 26.9. The average Bonchev–Trinajstić information content (AvgIpc) is 3.70. The quantitative estimate of drug-likeness (QED) is 0.151. The van der Waals surface area contributed by atoms with Gasteiger partial charge in [-0.15, -0.1) is 0 Å². The molecule has 0 spiro atoms. The van der Waals surface area contributed by atoms with Crippen molar-refractivity contribution in [2.75, 3.05) is 39.3 Å². The highest BCUT2D eigenvalue weighted by molar-refractivity contribution is 5.98. The summed E-state index contributed by atoms with van der Waals surface area (Å²) < 4.78 is 115. The lowest BCUT2D eigenvalue weighted by molar-refractivity contribution is -0.135. The van der Waals surface area contributed by atoms with Crippen LogP contribution in [0.3, 0.4) is 0 Å². The Balaban J connectivity index is 1.70. The molecule has 2 saturated heterocycles. The Morgan fingerprint density at radius 3 is 1.96 bits per heavy atom. The molecule has 2 aromatic carbocycles. The highest BCUT2D eigenvalue weighted by Gasteiger charge is 2.50. The van der Waals surface area contributed by atoms with Gasteiger partial charge in [0.1, 0.15) is 23.7 Å². The van der Waals surface area contributed by atoms with E-state index in [1.807, 2.05) is 0 Å². The van der Waals surface area contributed by atoms with Crippen molar-refractivity contribution < 1.29 is 51.3 Å². The summed E-state index contributed by atoms with van der Waals surface area (Å²) in [7, 11) is 0. The van der Waals surface area contributed by atoms with E-state index in [0.717, 1.165) is 4.90 Å². The fourth-order valence-corrected chi connectivity index (χ4v) is 5.64. The molecule has 12 nitrogen and oxygen atoms in total. The number of morpholine rings is 1. The first-order chi connectivity index (χ1) is 29.8. The summed E-state index contributed by atoms with van der Waals surface area (Å²) in [5.41, 5.74) is -0.689. The summed E-state index contributed by atoms with van der Waals surface area (Å²) in [6.45, 7) is -11.3. The maximum absolute atomic E-state index is 14.5. The van der Waals surface area contributed by atoms with Crippen molar-refractivity contribution in [1.29, 1.82) is 0 Å². The van der Waals surface area contributed by atoms with Gasteiger partial charge in [-0.05, 0) is 55.5 Å². The average molecular weight is 733 g/mol. The van der Waals surface area contributed by atoms with Crippen molar-refractivity contribution in [2.45, 2.75) is 96.3 Å². The summed E-state index contributed by atoms with van der Waals surface area (Å²) in [5.74, 6) is -8.63. The van der Waals surface area contributed by atoms with Crippen molar-refractivity contribution >= 4 is 29.4 Å². The van der Waals surface area contributed by atoms with E-state index >= 15 is 0 Å². The van der Waals surface area contributed by atoms with E-state index in [9.17, 15) is 24.0 Å². The van der Waals surface area contributed by atoms with Gasteiger partial charge in [-0.2, -0.15) is 0 Å². The maximum atomic E-state index is 14.5. The molecule has 4 rings (SSSR count). The topological polar surface area (TPSA) is 158 Å². The van der Waals surface area contributed by atoms with Gasteiger partial charge in [-0.25, -0.2) is 0 Å². The molecule has 5 atom stereocenters. The van der Waals surface area contributed by atoms with Crippen molar-refractivity contribution in [1.82, 2.24) is 26.2 Å². The van der Waals surface area contributed by atoms with Crippen LogP contribution in [0.4, 0.5) is 0 Å². The number of carbonyl (C=O) groups excluding carboxylic acids is 5. The molecule has 0 aromatic heterocycles. The van der Waals surface area contributed by atoms with Crippen molar-refractivity contribution in [2.24, 2.45) is 11.8 Å². The van der Waals surface area contributed by atoms with Gasteiger partial charge in [-0.3, -0.25) is 28.9 Å². The van der Waals surface area contributed by atoms with Crippen LogP contribution in [0.25, 0.3) is 0 Å². The van der Waals surface area contributed by atoms with E-state index in [2.05, 4.69) is 21.3 Å². The minimum Gasteiger partial charge on any atom is -0.379 e. The van der Waals surface area contributed by atoms with E-state index < -0.39 is 125 Å². The van der Waals surface area contributed by atoms with Gasteiger partial charge in [0.15, 0.2) is 5.78 Å². The Labute approximate surface area is 326 Å². The number of hydrogen-bond donors (Lipinski definition) is 4. The smallest absolute Gasteiger partial charge is 0.243 e. The highest BCUT2D eigenvalue weighted by atomic mass is 16.6.